The van der Waals surface area contributed by atoms with E-state index in [1.165, 1.54) is 17.7 Å². The van der Waals surface area contributed by atoms with Crippen LogP contribution in [0, 0.1) is 6.92 Å². The molecule has 1 saturated heterocycles. The maximum Gasteiger partial charge on any atom is 0.261 e. The second-order valence-electron chi connectivity index (χ2n) is 7.29. The molecule has 2 aromatic carbocycles. The fraction of sp³-hybridized carbons (Fsp3) is 0.409. The number of hydrogen-bond acceptors (Lipinski definition) is 4. The van der Waals surface area contributed by atoms with E-state index in [0.717, 1.165) is 24.8 Å². The monoisotopic (exact) mass is 416 g/mol. The number of carbonyl (C=O) groups is 1. The highest BCUT2D eigenvalue weighted by Crippen LogP contribution is 2.21. The first kappa shape index (κ1) is 21.3. The second-order valence-corrected chi connectivity index (χ2v) is 8.97. The molecule has 0 radical (unpaired) electrons. The molecule has 2 aromatic rings. The Labute approximate surface area is 172 Å². The molecule has 0 saturated carbocycles. The SMILES string of the molecule is CCCCc1ccc(NS(=O)(=O)c2ccc(C)c(C(=O)N3CCOCC3)c2)cc1. The van der Waals surface area contributed by atoms with Crippen LogP contribution in [0.1, 0.15) is 41.3 Å². The van der Waals surface area contributed by atoms with Crippen LogP contribution in [-0.2, 0) is 21.2 Å². The first-order chi connectivity index (χ1) is 13.9. The number of morpholine rings is 1. The van der Waals surface area contributed by atoms with E-state index in [1.807, 2.05) is 19.1 Å². The van der Waals surface area contributed by atoms with Crippen LogP contribution in [0.5, 0.6) is 0 Å². The number of nitrogens with one attached hydrogen (secondary N) is 1. The van der Waals surface area contributed by atoms with Crippen LogP contribution in [0.15, 0.2) is 47.4 Å². The lowest BCUT2D eigenvalue weighted by Gasteiger charge is -2.27. The zero-order chi connectivity index (χ0) is 20.9. The minimum absolute atomic E-state index is 0.0785. The van der Waals surface area contributed by atoms with Crippen LogP contribution < -0.4 is 4.72 Å². The van der Waals surface area contributed by atoms with Crippen molar-refractivity contribution < 1.29 is 17.9 Å². The van der Waals surface area contributed by atoms with Gasteiger partial charge in [-0.1, -0.05) is 31.5 Å². The molecule has 3 rings (SSSR count). The van der Waals surface area contributed by atoms with Gasteiger partial charge in [0.2, 0.25) is 0 Å². The van der Waals surface area contributed by atoms with Gasteiger partial charge in [-0.2, -0.15) is 0 Å². The summed E-state index contributed by atoms with van der Waals surface area (Å²) in [7, 11) is -3.79. The van der Waals surface area contributed by atoms with E-state index < -0.39 is 10.0 Å². The minimum Gasteiger partial charge on any atom is -0.378 e. The van der Waals surface area contributed by atoms with Crippen molar-refractivity contribution in [3.05, 3.63) is 59.2 Å². The molecule has 0 aromatic heterocycles. The van der Waals surface area contributed by atoms with E-state index in [1.54, 1.807) is 23.1 Å². The average molecular weight is 417 g/mol. The summed E-state index contributed by atoms with van der Waals surface area (Å²) < 4.78 is 33.6. The maximum atomic E-state index is 12.9. The molecule has 1 amide bonds. The summed E-state index contributed by atoms with van der Waals surface area (Å²) in [6, 6.07) is 12.1. The number of anilines is 1. The number of sulfonamides is 1. The molecule has 0 spiro atoms. The van der Waals surface area contributed by atoms with Crippen LogP contribution in [0.2, 0.25) is 0 Å². The van der Waals surface area contributed by atoms with Gasteiger partial charge in [0.15, 0.2) is 0 Å². The first-order valence-corrected chi connectivity index (χ1v) is 11.5. The molecule has 1 aliphatic rings. The zero-order valence-electron chi connectivity index (χ0n) is 17.0. The van der Waals surface area contributed by atoms with Gasteiger partial charge in [-0.3, -0.25) is 9.52 Å². The van der Waals surface area contributed by atoms with E-state index in [9.17, 15) is 13.2 Å². The van der Waals surface area contributed by atoms with Crippen LogP contribution in [0.3, 0.4) is 0 Å². The third-order valence-electron chi connectivity index (χ3n) is 5.07. The molecule has 7 heteroatoms. The van der Waals surface area contributed by atoms with Gasteiger partial charge in [0.05, 0.1) is 18.1 Å². The Morgan fingerprint density at radius 1 is 1.10 bits per heavy atom. The lowest BCUT2D eigenvalue weighted by molar-refractivity contribution is 0.0302. The van der Waals surface area contributed by atoms with Crippen molar-refractivity contribution in [3.63, 3.8) is 0 Å². The van der Waals surface area contributed by atoms with Crippen molar-refractivity contribution in [2.24, 2.45) is 0 Å². The highest BCUT2D eigenvalue weighted by Gasteiger charge is 2.23. The van der Waals surface area contributed by atoms with E-state index in [0.29, 0.717) is 37.6 Å². The normalized spacial score (nSPS) is 14.6. The van der Waals surface area contributed by atoms with Gasteiger partial charge in [-0.15, -0.1) is 0 Å². The van der Waals surface area contributed by atoms with Crippen molar-refractivity contribution in [2.45, 2.75) is 38.0 Å². The quantitative estimate of drug-likeness (QED) is 0.748. The Morgan fingerprint density at radius 2 is 1.79 bits per heavy atom. The first-order valence-electron chi connectivity index (χ1n) is 10.00. The van der Waals surface area contributed by atoms with Crippen molar-refractivity contribution in [1.29, 1.82) is 0 Å². The van der Waals surface area contributed by atoms with E-state index in [-0.39, 0.29) is 10.8 Å². The van der Waals surface area contributed by atoms with Gasteiger partial charge in [-0.05, 0) is 55.2 Å². The van der Waals surface area contributed by atoms with Gasteiger partial charge in [-0.25, -0.2) is 8.42 Å². The lowest BCUT2D eigenvalue weighted by Crippen LogP contribution is -2.41. The van der Waals surface area contributed by atoms with Crippen molar-refractivity contribution >= 4 is 21.6 Å². The number of nitrogens with zero attached hydrogens (tertiary/aromatic N) is 1. The summed E-state index contributed by atoms with van der Waals surface area (Å²) >= 11 is 0. The number of amides is 1. The minimum atomic E-state index is -3.79. The molecule has 1 N–H and O–H groups in total. The summed E-state index contributed by atoms with van der Waals surface area (Å²) in [5.41, 5.74) is 2.85. The Kier molecular flexibility index (Phi) is 6.92. The Hall–Kier alpha value is -2.38. The van der Waals surface area contributed by atoms with Gasteiger partial charge in [0.1, 0.15) is 0 Å². The number of carbonyl (C=O) groups excluding carboxylic acids is 1. The fourth-order valence-electron chi connectivity index (χ4n) is 3.27. The summed E-state index contributed by atoms with van der Waals surface area (Å²) in [6.45, 7) is 5.97. The summed E-state index contributed by atoms with van der Waals surface area (Å²) in [6.07, 6.45) is 3.20. The zero-order valence-corrected chi connectivity index (χ0v) is 17.8. The number of rotatable bonds is 7. The number of benzene rings is 2. The van der Waals surface area contributed by atoms with Gasteiger partial charge in [0.25, 0.3) is 15.9 Å². The molecular formula is C22H28N2O4S. The van der Waals surface area contributed by atoms with E-state index in [2.05, 4.69) is 11.6 Å². The summed E-state index contributed by atoms with van der Waals surface area (Å²) in [5, 5.41) is 0. The van der Waals surface area contributed by atoms with Gasteiger partial charge < -0.3 is 9.64 Å². The number of ether oxygens (including phenoxy) is 1. The van der Waals surface area contributed by atoms with Gasteiger partial charge in [0, 0.05) is 24.3 Å². The fourth-order valence-corrected chi connectivity index (χ4v) is 4.35. The van der Waals surface area contributed by atoms with E-state index >= 15 is 0 Å². The Balaban J connectivity index is 1.79. The summed E-state index contributed by atoms with van der Waals surface area (Å²) in [4.78, 5) is 14.6. The molecule has 29 heavy (non-hydrogen) atoms. The molecule has 1 aliphatic heterocycles. The predicted molar refractivity (Wildman–Crippen MR) is 114 cm³/mol. The summed E-state index contributed by atoms with van der Waals surface area (Å²) in [5.74, 6) is -0.164. The molecule has 0 aliphatic carbocycles. The molecule has 0 atom stereocenters. The van der Waals surface area contributed by atoms with Crippen LogP contribution in [0.25, 0.3) is 0 Å². The van der Waals surface area contributed by atoms with Crippen LogP contribution >= 0.6 is 0 Å². The Bertz CT molecular complexity index is 949. The van der Waals surface area contributed by atoms with Gasteiger partial charge >= 0.3 is 0 Å². The maximum absolute atomic E-state index is 12.9. The highest BCUT2D eigenvalue weighted by molar-refractivity contribution is 7.92. The lowest BCUT2D eigenvalue weighted by atomic mass is 10.1. The molecule has 0 unspecified atom stereocenters. The van der Waals surface area contributed by atoms with Crippen molar-refractivity contribution in [2.75, 3.05) is 31.0 Å². The number of aryl methyl sites for hydroxylation is 2. The largest absolute Gasteiger partial charge is 0.378 e. The molecule has 6 nitrogen and oxygen atoms in total. The second kappa shape index (κ2) is 9.41. The smallest absolute Gasteiger partial charge is 0.261 e. The highest BCUT2D eigenvalue weighted by atomic mass is 32.2. The van der Waals surface area contributed by atoms with Crippen molar-refractivity contribution in [1.82, 2.24) is 4.90 Å². The standard InChI is InChI=1S/C22H28N2O4S/c1-3-4-5-18-7-9-19(10-8-18)23-29(26,27)20-11-6-17(2)21(16-20)22(25)24-12-14-28-15-13-24/h6-11,16,23H,3-5,12-15H2,1-2H3. The topological polar surface area (TPSA) is 75.7 Å². The molecular weight excluding hydrogens is 388 g/mol. The molecule has 156 valence electrons. The molecule has 1 heterocycles. The van der Waals surface area contributed by atoms with Crippen LogP contribution in [-0.4, -0.2) is 45.5 Å². The Morgan fingerprint density at radius 3 is 2.45 bits per heavy atom. The average Bonchev–Trinajstić information content (AvgIpc) is 2.73. The molecule has 0 bridgehead atoms. The van der Waals surface area contributed by atoms with Crippen LogP contribution in [0.4, 0.5) is 5.69 Å². The predicted octanol–water partition coefficient (Wildman–Crippen LogP) is 3.61. The third kappa shape index (κ3) is 5.36. The van der Waals surface area contributed by atoms with Crippen molar-refractivity contribution in [3.8, 4) is 0 Å². The number of unbranched alkanes of at least 4 members (excludes halogenated alkanes) is 1. The molecule has 1 fully saturated rings. The third-order valence-corrected chi connectivity index (χ3v) is 6.45. The number of hydrogen-bond donors (Lipinski definition) is 1. The van der Waals surface area contributed by atoms with E-state index in [4.69, 9.17) is 4.74 Å².